The van der Waals surface area contributed by atoms with Crippen LogP contribution in [-0.2, 0) is 4.79 Å². The molecule has 1 amide bonds. The number of hydrogen-bond donors (Lipinski definition) is 0. The van der Waals surface area contributed by atoms with Gasteiger partial charge in [-0.2, -0.15) is 0 Å². The molecule has 0 radical (unpaired) electrons. The zero-order valence-electron chi connectivity index (χ0n) is 16.2. The van der Waals surface area contributed by atoms with Crippen LogP contribution in [-0.4, -0.2) is 43.6 Å². The van der Waals surface area contributed by atoms with Crippen LogP contribution in [0.2, 0.25) is 0 Å². The average Bonchev–Trinajstić information content (AvgIpc) is 3.34. The van der Waals surface area contributed by atoms with Crippen molar-refractivity contribution in [3.05, 3.63) is 71.3 Å². The number of rotatable bonds is 5. The summed E-state index contributed by atoms with van der Waals surface area (Å²) in [5.41, 5.74) is 2.70. The molecule has 2 aromatic carbocycles. The number of carbonyl (C=O) groups excluding carboxylic acids is 1. The molecule has 0 spiro atoms. The van der Waals surface area contributed by atoms with E-state index in [0.717, 1.165) is 17.3 Å². The number of hydrogen-bond acceptors (Lipinski definition) is 5. The first-order valence-electron chi connectivity index (χ1n) is 9.32. The molecule has 1 aliphatic heterocycles. The Morgan fingerprint density at radius 1 is 1.17 bits per heavy atom. The zero-order chi connectivity index (χ0) is 20.4. The summed E-state index contributed by atoms with van der Waals surface area (Å²) in [6, 6.07) is 14.8. The van der Waals surface area contributed by atoms with Crippen molar-refractivity contribution < 1.29 is 9.18 Å². The van der Waals surface area contributed by atoms with Gasteiger partial charge in [0.1, 0.15) is 17.0 Å². The van der Waals surface area contributed by atoms with E-state index in [9.17, 15) is 9.18 Å². The summed E-state index contributed by atoms with van der Waals surface area (Å²) < 4.78 is 16.2. The van der Waals surface area contributed by atoms with Crippen LogP contribution in [0, 0.1) is 19.7 Å². The highest BCUT2D eigenvalue weighted by molar-refractivity contribution is 8.00. The van der Waals surface area contributed by atoms with Gasteiger partial charge in [0.05, 0.1) is 5.75 Å². The van der Waals surface area contributed by atoms with Gasteiger partial charge in [-0.25, -0.2) is 4.39 Å². The Balaban J connectivity index is 1.49. The van der Waals surface area contributed by atoms with Crippen LogP contribution in [0.1, 0.15) is 22.3 Å². The molecule has 1 aliphatic rings. The van der Waals surface area contributed by atoms with Gasteiger partial charge in [0.15, 0.2) is 5.16 Å². The van der Waals surface area contributed by atoms with Crippen molar-refractivity contribution >= 4 is 29.4 Å². The minimum absolute atomic E-state index is 0.0237. The van der Waals surface area contributed by atoms with E-state index in [-0.39, 0.29) is 22.9 Å². The number of benzene rings is 2. The van der Waals surface area contributed by atoms with Gasteiger partial charge in [-0.15, -0.1) is 22.0 Å². The van der Waals surface area contributed by atoms with Crippen molar-refractivity contribution in [1.29, 1.82) is 0 Å². The summed E-state index contributed by atoms with van der Waals surface area (Å²) in [6.07, 6.45) is 0. The monoisotopic (exact) mass is 428 g/mol. The maximum atomic E-state index is 14.2. The van der Waals surface area contributed by atoms with E-state index in [1.165, 1.54) is 23.4 Å². The van der Waals surface area contributed by atoms with Crippen molar-refractivity contribution in [2.75, 3.05) is 18.1 Å². The number of halogens is 1. The average molecular weight is 429 g/mol. The molecular formula is C21H21FN4OS2. The van der Waals surface area contributed by atoms with Gasteiger partial charge in [0, 0.05) is 23.5 Å². The third-order valence-corrected chi connectivity index (χ3v) is 6.95. The second-order valence-electron chi connectivity index (χ2n) is 6.82. The molecule has 0 aliphatic carbocycles. The van der Waals surface area contributed by atoms with E-state index < -0.39 is 0 Å². The molecule has 29 heavy (non-hydrogen) atoms. The van der Waals surface area contributed by atoms with Gasteiger partial charge in [0.25, 0.3) is 0 Å². The molecule has 0 bridgehead atoms. The Labute approximate surface area is 177 Å². The number of nitrogens with zero attached hydrogens (tertiary/aromatic N) is 4. The molecule has 2 heterocycles. The molecule has 1 unspecified atom stereocenters. The van der Waals surface area contributed by atoms with Crippen molar-refractivity contribution in [2.45, 2.75) is 24.4 Å². The number of amides is 1. The Bertz CT molecular complexity index is 1020. The summed E-state index contributed by atoms with van der Waals surface area (Å²) >= 11 is 2.95. The molecular weight excluding hydrogens is 407 g/mol. The van der Waals surface area contributed by atoms with Crippen LogP contribution in [0.15, 0.2) is 53.7 Å². The number of carbonyl (C=O) groups is 1. The molecule has 4 rings (SSSR count). The molecule has 8 heteroatoms. The summed E-state index contributed by atoms with van der Waals surface area (Å²) in [7, 11) is 0. The van der Waals surface area contributed by atoms with Crippen LogP contribution in [0.3, 0.4) is 0 Å². The van der Waals surface area contributed by atoms with E-state index in [1.807, 2.05) is 48.7 Å². The fraction of sp³-hybridized carbons (Fsp3) is 0.286. The van der Waals surface area contributed by atoms with Crippen molar-refractivity contribution in [3.8, 4) is 5.69 Å². The van der Waals surface area contributed by atoms with E-state index >= 15 is 0 Å². The van der Waals surface area contributed by atoms with E-state index in [1.54, 1.807) is 28.8 Å². The molecule has 1 atom stereocenters. The Kier molecular flexibility index (Phi) is 5.91. The van der Waals surface area contributed by atoms with Crippen molar-refractivity contribution in [1.82, 2.24) is 19.7 Å². The van der Waals surface area contributed by atoms with Gasteiger partial charge >= 0.3 is 0 Å². The Morgan fingerprint density at radius 2 is 1.93 bits per heavy atom. The highest BCUT2D eigenvalue weighted by Gasteiger charge is 2.32. The molecule has 1 aromatic heterocycles. The third-order valence-electron chi connectivity index (χ3n) is 4.79. The highest BCUT2D eigenvalue weighted by atomic mass is 32.2. The molecule has 1 saturated heterocycles. The van der Waals surface area contributed by atoms with Crippen molar-refractivity contribution in [3.63, 3.8) is 0 Å². The molecule has 5 nitrogen and oxygen atoms in total. The lowest BCUT2D eigenvalue weighted by molar-refractivity contribution is -0.128. The smallest absolute Gasteiger partial charge is 0.234 e. The van der Waals surface area contributed by atoms with Gasteiger partial charge in [0.2, 0.25) is 5.91 Å². The molecule has 0 N–H and O–H groups in total. The third kappa shape index (κ3) is 4.18. The molecule has 1 fully saturated rings. The molecule has 150 valence electrons. The minimum atomic E-state index is -0.277. The van der Waals surface area contributed by atoms with Crippen molar-refractivity contribution in [2.24, 2.45) is 0 Å². The van der Waals surface area contributed by atoms with Gasteiger partial charge in [-0.1, -0.05) is 47.7 Å². The fourth-order valence-corrected chi connectivity index (χ4v) is 5.48. The first-order chi connectivity index (χ1) is 14.0. The van der Waals surface area contributed by atoms with E-state index in [0.29, 0.717) is 17.3 Å². The molecule has 3 aromatic rings. The standard InChI is InChI=1S/C21H21FN4OS2/c1-14-7-9-16(10-8-14)26-15(2)23-24-21(26)29-13-19(27)25-11-12-28-20(25)17-5-3-4-6-18(17)22/h3-10,20H,11-13H2,1-2H3. The molecule has 0 saturated carbocycles. The van der Waals surface area contributed by atoms with Crippen LogP contribution < -0.4 is 0 Å². The lowest BCUT2D eigenvalue weighted by Crippen LogP contribution is -2.32. The second-order valence-corrected chi connectivity index (χ2v) is 8.95. The number of aryl methyl sites for hydroxylation is 2. The predicted octanol–water partition coefficient (Wildman–Crippen LogP) is 4.39. The highest BCUT2D eigenvalue weighted by Crippen LogP contribution is 2.39. The Morgan fingerprint density at radius 3 is 2.69 bits per heavy atom. The number of aromatic nitrogens is 3. The quantitative estimate of drug-likeness (QED) is 0.564. The summed E-state index contributed by atoms with van der Waals surface area (Å²) in [6.45, 7) is 4.55. The normalized spacial score (nSPS) is 16.4. The largest absolute Gasteiger partial charge is 0.325 e. The van der Waals surface area contributed by atoms with Crippen LogP contribution in [0.4, 0.5) is 4.39 Å². The summed E-state index contributed by atoms with van der Waals surface area (Å²) in [4.78, 5) is 14.7. The topological polar surface area (TPSA) is 51.0 Å². The van der Waals surface area contributed by atoms with Gasteiger partial charge in [-0.3, -0.25) is 9.36 Å². The maximum Gasteiger partial charge on any atom is 0.234 e. The SMILES string of the molecule is Cc1ccc(-n2c(C)nnc2SCC(=O)N2CCSC2c2ccccc2F)cc1. The first-order valence-corrected chi connectivity index (χ1v) is 11.4. The predicted molar refractivity (Wildman–Crippen MR) is 115 cm³/mol. The lowest BCUT2D eigenvalue weighted by Gasteiger charge is -2.24. The van der Waals surface area contributed by atoms with Crippen LogP contribution in [0.5, 0.6) is 0 Å². The lowest BCUT2D eigenvalue weighted by atomic mass is 10.2. The second kappa shape index (κ2) is 8.59. The van der Waals surface area contributed by atoms with E-state index in [2.05, 4.69) is 10.2 Å². The zero-order valence-corrected chi connectivity index (χ0v) is 17.8. The summed E-state index contributed by atoms with van der Waals surface area (Å²) in [5, 5.41) is 8.82. The van der Waals surface area contributed by atoms with Crippen LogP contribution >= 0.6 is 23.5 Å². The Hall–Kier alpha value is -2.32. The minimum Gasteiger partial charge on any atom is -0.325 e. The number of thioether (sulfide) groups is 2. The summed E-state index contributed by atoms with van der Waals surface area (Å²) in [5.74, 6) is 1.50. The fourth-order valence-electron chi connectivity index (χ4n) is 3.30. The maximum absolute atomic E-state index is 14.2. The van der Waals surface area contributed by atoms with Gasteiger partial charge < -0.3 is 4.90 Å². The van der Waals surface area contributed by atoms with Gasteiger partial charge in [-0.05, 0) is 32.0 Å². The van der Waals surface area contributed by atoms with Crippen LogP contribution in [0.25, 0.3) is 5.69 Å². The van der Waals surface area contributed by atoms with E-state index in [4.69, 9.17) is 0 Å². The first kappa shape index (κ1) is 20.0.